The van der Waals surface area contributed by atoms with E-state index in [2.05, 4.69) is 22.2 Å². The van der Waals surface area contributed by atoms with E-state index < -0.39 is 0 Å². The first-order valence-corrected chi connectivity index (χ1v) is 6.93. The van der Waals surface area contributed by atoms with Gasteiger partial charge in [0.2, 0.25) is 0 Å². The highest BCUT2D eigenvalue weighted by atomic mass is 16.3. The second-order valence-corrected chi connectivity index (χ2v) is 4.99. The molecule has 0 spiro atoms. The Bertz CT molecular complexity index is 675. The zero-order valence-electron chi connectivity index (χ0n) is 12.1. The maximum atomic E-state index is 5.57. The molecule has 0 bridgehead atoms. The molecular formula is C16H18N4O. The van der Waals surface area contributed by atoms with Crippen LogP contribution in [0.15, 0.2) is 59.6 Å². The van der Waals surface area contributed by atoms with Gasteiger partial charge in [0.15, 0.2) is 0 Å². The van der Waals surface area contributed by atoms with Gasteiger partial charge in [-0.25, -0.2) is 4.98 Å². The summed E-state index contributed by atoms with van der Waals surface area (Å²) in [6.07, 6.45) is 7.20. The number of hydrogen-bond donors (Lipinski definition) is 1. The van der Waals surface area contributed by atoms with Gasteiger partial charge in [-0.15, -0.1) is 0 Å². The maximum Gasteiger partial charge on any atom is 0.133 e. The minimum absolute atomic E-state index is 0.0815. The Hall–Kier alpha value is -2.40. The highest BCUT2D eigenvalue weighted by molar-refractivity contribution is 5.18. The number of rotatable bonds is 5. The molecular weight excluding hydrogens is 264 g/mol. The van der Waals surface area contributed by atoms with Crippen molar-refractivity contribution in [2.45, 2.75) is 19.0 Å². The second kappa shape index (κ2) is 5.93. The Morgan fingerprint density at radius 1 is 1.14 bits per heavy atom. The van der Waals surface area contributed by atoms with Crippen molar-refractivity contribution in [1.82, 2.24) is 19.9 Å². The number of nitrogens with zero attached hydrogens (tertiary/aromatic N) is 3. The van der Waals surface area contributed by atoms with Crippen LogP contribution in [-0.4, -0.2) is 14.5 Å². The molecule has 5 nitrogen and oxygen atoms in total. The van der Waals surface area contributed by atoms with Crippen LogP contribution in [0.1, 0.15) is 36.3 Å². The molecule has 0 aliphatic heterocycles. The van der Waals surface area contributed by atoms with Crippen molar-refractivity contribution in [1.29, 1.82) is 0 Å². The van der Waals surface area contributed by atoms with Crippen molar-refractivity contribution < 1.29 is 4.42 Å². The van der Waals surface area contributed by atoms with E-state index in [1.54, 1.807) is 18.7 Å². The number of pyridine rings is 1. The summed E-state index contributed by atoms with van der Waals surface area (Å²) >= 11 is 0. The summed E-state index contributed by atoms with van der Waals surface area (Å²) in [5.74, 6) is 1.75. The van der Waals surface area contributed by atoms with Gasteiger partial charge in [0.1, 0.15) is 17.6 Å². The molecule has 0 saturated carbocycles. The fourth-order valence-corrected chi connectivity index (χ4v) is 2.36. The second-order valence-electron chi connectivity index (χ2n) is 4.99. The minimum Gasteiger partial charge on any atom is -0.467 e. The third-order valence-corrected chi connectivity index (χ3v) is 3.49. The van der Waals surface area contributed by atoms with E-state index in [9.17, 15) is 0 Å². The highest BCUT2D eigenvalue weighted by Gasteiger charge is 2.23. The molecule has 3 aromatic heterocycles. The number of nitrogens with one attached hydrogen (secondary N) is 1. The Kier molecular flexibility index (Phi) is 3.83. The van der Waals surface area contributed by atoms with E-state index in [4.69, 9.17) is 4.42 Å². The minimum atomic E-state index is -0.114. The molecule has 0 radical (unpaired) electrons. The molecule has 3 rings (SSSR count). The van der Waals surface area contributed by atoms with Crippen LogP contribution < -0.4 is 5.32 Å². The van der Waals surface area contributed by atoms with E-state index in [0.717, 1.165) is 17.3 Å². The maximum absolute atomic E-state index is 5.57. The summed E-state index contributed by atoms with van der Waals surface area (Å²) in [6, 6.07) is 9.72. The molecule has 0 aliphatic rings. The normalized spacial score (nSPS) is 14.0. The fourth-order valence-electron chi connectivity index (χ4n) is 2.36. The summed E-state index contributed by atoms with van der Waals surface area (Å²) in [6.45, 7) is 2.08. The molecule has 3 heterocycles. The van der Waals surface area contributed by atoms with Gasteiger partial charge in [0, 0.05) is 31.7 Å². The molecule has 0 saturated heterocycles. The predicted molar refractivity (Wildman–Crippen MR) is 79.5 cm³/mol. The van der Waals surface area contributed by atoms with Gasteiger partial charge in [-0.05, 0) is 31.2 Å². The van der Waals surface area contributed by atoms with Crippen LogP contribution in [0.5, 0.6) is 0 Å². The molecule has 108 valence electrons. The van der Waals surface area contributed by atoms with Crippen molar-refractivity contribution in [2.24, 2.45) is 7.05 Å². The van der Waals surface area contributed by atoms with Crippen LogP contribution in [-0.2, 0) is 7.05 Å². The van der Waals surface area contributed by atoms with Crippen LogP contribution >= 0.6 is 0 Å². The lowest BCUT2D eigenvalue weighted by Crippen LogP contribution is -2.28. The Morgan fingerprint density at radius 2 is 2.05 bits per heavy atom. The number of imidazole rings is 1. The zero-order valence-corrected chi connectivity index (χ0v) is 12.1. The van der Waals surface area contributed by atoms with Crippen molar-refractivity contribution in [3.63, 3.8) is 0 Å². The first-order chi connectivity index (χ1) is 10.3. The van der Waals surface area contributed by atoms with E-state index >= 15 is 0 Å². The summed E-state index contributed by atoms with van der Waals surface area (Å²) < 4.78 is 7.57. The molecule has 0 aliphatic carbocycles. The topological polar surface area (TPSA) is 55.9 Å². The van der Waals surface area contributed by atoms with E-state index in [-0.39, 0.29) is 12.1 Å². The fraction of sp³-hybridized carbons (Fsp3) is 0.250. The van der Waals surface area contributed by atoms with Gasteiger partial charge in [-0.1, -0.05) is 6.07 Å². The molecule has 3 aromatic rings. The van der Waals surface area contributed by atoms with Crippen molar-refractivity contribution in [3.8, 4) is 0 Å². The molecule has 0 amide bonds. The molecule has 21 heavy (non-hydrogen) atoms. The third kappa shape index (κ3) is 2.87. The van der Waals surface area contributed by atoms with Gasteiger partial charge in [0.05, 0.1) is 12.0 Å². The van der Waals surface area contributed by atoms with Gasteiger partial charge < -0.3 is 8.98 Å². The molecule has 2 atom stereocenters. The largest absolute Gasteiger partial charge is 0.467 e. The highest BCUT2D eigenvalue weighted by Crippen LogP contribution is 2.24. The standard InChI is InChI=1S/C16H18N4O/c1-12(13-6-3-4-8-17-13)19-15(14-7-5-11-21-14)16-18-9-10-20(16)2/h3-12,15,19H,1-2H3/t12-,15?/m1/s1. The lowest BCUT2D eigenvalue weighted by atomic mass is 10.1. The van der Waals surface area contributed by atoms with E-state index in [0.29, 0.717) is 0 Å². The smallest absolute Gasteiger partial charge is 0.133 e. The van der Waals surface area contributed by atoms with Crippen molar-refractivity contribution >= 4 is 0 Å². The first-order valence-electron chi connectivity index (χ1n) is 6.93. The first kappa shape index (κ1) is 13.6. The Balaban J connectivity index is 1.89. The number of hydrogen-bond acceptors (Lipinski definition) is 4. The number of aromatic nitrogens is 3. The molecule has 1 N–H and O–H groups in total. The average molecular weight is 282 g/mol. The third-order valence-electron chi connectivity index (χ3n) is 3.49. The lowest BCUT2D eigenvalue weighted by Gasteiger charge is -2.21. The summed E-state index contributed by atoms with van der Waals surface area (Å²) in [5.41, 5.74) is 0.989. The number of furan rings is 1. The Labute approximate surface area is 123 Å². The van der Waals surface area contributed by atoms with Crippen LogP contribution in [0.3, 0.4) is 0 Å². The molecule has 0 aromatic carbocycles. The van der Waals surface area contributed by atoms with Gasteiger partial charge >= 0.3 is 0 Å². The van der Waals surface area contributed by atoms with Crippen LogP contribution in [0.4, 0.5) is 0 Å². The lowest BCUT2D eigenvalue weighted by molar-refractivity contribution is 0.400. The molecule has 5 heteroatoms. The van der Waals surface area contributed by atoms with Crippen LogP contribution in [0.25, 0.3) is 0 Å². The van der Waals surface area contributed by atoms with E-state index in [1.165, 1.54) is 0 Å². The SMILES string of the molecule is C[C@@H](NC(c1ccco1)c1nccn1C)c1ccccn1. The molecule has 0 fully saturated rings. The van der Waals surface area contributed by atoms with Crippen LogP contribution in [0, 0.1) is 0 Å². The quantitative estimate of drug-likeness (QED) is 0.782. The molecule has 1 unspecified atom stereocenters. The van der Waals surface area contributed by atoms with E-state index in [1.807, 2.05) is 48.1 Å². The van der Waals surface area contributed by atoms with Crippen molar-refractivity contribution in [3.05, 3.63) is 72.5 Å². The monoisotopic (exact) mass is 282 g/mol. The summed E-state index contributed by atoms with van der Waals surface area (Å²) in [4.78, 5) is 8.84. The van der Waals surface area contributed by atoms with Crippen molar-refractivity contribution in [2.75, 3.05) is 0 Å². The zero-order chi connectivity index (χ0) is 14.7. The van der Waals surface area contributed by atoms with Gasteiger partial charge in [0.25, 0.3) is 0 Å². The summed E-state index contributed by atoms with van der Waals surface area (Å²) in [7, 11) is 1.98. The number of aryl methyl sites for hydroxylation is 1. The summed E-state index contributed by atoms with van der Waals surface area (Å²) in [5, 5.41) is 3.54. The Morgan fingerprint density at radius 3 is 2.67 bits per heavy atom. The average Bonchev–Trinajstić information content (AvgIpc) is 3.17. The predicted octanol–water partition coefficient (Wildman–Crippen LogP) is 2.85. The van der Waals surface area contributed by atoms with Crippen LogP contribution in [0.2, 0.25) is 0 Å². The van der Waals surface area contributed by atoms with Gasteiger partial charge in [-0.2, -0.15) is 0 Å². The van der Waals surface area contributed by atoms with Gasteiger partial charge in [-0.3, -0.25) is 10.3 Å².